The predicted octanol–water partition coefficient (Wildman–Crippen LogP) is 3.76. The van der Waals surface area contributed by atoms with Gasteiger partial charge >= 0.3 is 0 Å². The molecule has 0 heterocycles. The van der Waals surface area contributed by atoms with E-state index < -0.39 is 10.0 Å². The van der Waals surface area contributed by atoms with Crippen LogP contribution in [0.3, 0.4) is 0 Å². The summed E-state index contributed by atoms with van der Waals surface area (Å²) in [5, 5.41) is 0. The molecule has 1 aliphatic carbocycles. The minimum atomic E-state index is -3.51. The van der Waals surface area contributed by atoms with Crippen molar-refractivity contribution >= 4 is 26.0 Å². The van der Waals surface area contributed by atoms with E-state index in [2.05, 4.69) is 22.0 Å². The SMILES string of the molecule is CN(C1CCc2ccccc21)S(=O)(=O)c1ccccc1Br. The fraction of sp³-hybridized carbons (Fsp3) is 0.250. The molecule has 0 saturated carbocycles. The molecule has 0 radical (unpaired) electrons. The molecule has 1 unspecified atom stereocenters. The Labute approximate surface area is 133 Å². The van der Waals surface area contributed by atoms with Crippen molar-refractivity contribution in [3.8, 4) is 0 Å². The first-order valence-corrected chi connectivity index (χ1v) is 9.05. The van der Waals surface area contributed by atoms with Crippen LogP contribution in [0, 0.1) is 0 Å². The number of nitrogens with zero attached hydrogens (tertiary/aromatic N) is 1. The Kier molecular flexibility index (Phi) is 3.90. The molecular formula is C16H16BrNO2S. The zero-order chi connectivity index (χ0) is 15.0. The number of benzene rings is 2. The number of hydrogen-bond donors (Lipinski definition) is 0. The summed E-state index contributed by atoms with van der Waals surface area (Å²) in [6, 6.07) is 14.9. The maximum absolute atomic E-state index is 12.8. The van der Waals surface area contributed by atoms with E-state index in [-0.39, 0.29) is 6.04 Å². The molecule has 0 saturated heterocycles. The van der Waals surface area contributed by atoms with Gasteiger partial charge < -0.3 is 0 Å². The highest BCUT2D eigenvalue weighted by Crippen LogP contribution is 2.38. The van der Waals surface area contributed by atoms with E-state index in [1.165, 1.54) is 9.87 Å². The topological polar surface area (TPSA) is 37.4 Å². The van der Waals surface area contributed by atoms with Crippen molar-refractivity contribution in [1.82, 2.24) is 4.31 Å². The maximum Gasteiger partial charge on any atom is 0.244 e. The molecule has 5 heteroatoms. The van der Waals surface area contributed by atoms with Crippen LogP contribution in [0.25, 0.3) is 0 Å². The lowest BCUT2D eigenvalue weighted by molar-refractivity contribution is 0.374. The van der Waals surface area contributed by atoms with Crippen LogP contribution in [0.2, 0.25) is 0 Å². The molecule has 3 rings (SSSR count). The number of halogens is 1. The minimum absolute atomic E-state index is 0.0849. The molecule has 110 valence electrons. The standard InChI is InChI=1S/C16H16BrNO2S/c1-18(15-11-10-12-6-2-3-7-13(12)15)21(19,20)16-9-5-4-8-14(16)17/h2-9,15H,10-11H2,1H3. The summed E-state index contributed by atoms with van der Waals surface area (Å²) in [4.78, 5) is 0.317. The Morgan fingerprint density at radius 2 is 1.76 bits per heavy atom. The van der Waals surface area contributed by atoms with Gasteiger partial charge in [-0.15, -0.1) is 0 Å². The van der Waals surface area contributed by atoms with Crippen LogP contribution in [0.1, 0.15) is 23.6 Å². The average molecular weight is 366 g/mol. The highest BCUT2D eigenvalue weighted by atomic mass is 79.9. The van der Waals surface area contributed by atoms with E-state index in [1.807, 2.05) is 24.3 Å². The molecule has 2 aromatic rings. The summed E-state index contributed by atoms with van der Waals surface area (Å²) in [5.74, 6) is 0. The van der Waals surface area contributed by atoms with Gasteiger partial charge in [0.15, 0.2) is 0 Å². The van der Waals surface area contributed by atoms with Crippen LogP contribution < -0.4 is 0 Å². The Morgan fingerprint density at radius 3 is 2.52 bits per heavy atom. The summed E-state index contributed by atoms with van der Waals surface area (Å²) < 4.78 is 27.8. The zero-order valence-corrected chi connectivity index (χ0v) is 14.1. The summed E-state index contributed by atoms with van der Waals surface area (Å²) in [6.07, 6.45) is 1.76. The first-order chi connectivity index (χ1) is 10.0. The van der Waals surface area contributed by atoms with E-state index in [0.29, 0.717) is 9.37 Å². The Hall–Kier alpha value is -1.17. The molecule has 1 atom stereocenters. The third kappa shape index (κ3) is 2.54. The first-order valence-electron chi connectivity index (χ1n) is 6.82. The summed E-state index contributed by atoms with van der Waals surface area (Å²) in [7, 11) is -1.84. The van der Waals surface area contributed by atoms with Crippen LogP contribution in [0.4, 0.5) is 0 Å². The number of aryl methyl sites for hydroxylation is 1. The van der Waals surface area contributed by atoms with E-state index in [0.717, 1.165) is 18.4 Å². The van der Waals surface area contributed by atoms with Gasteiger partial charge in [-0.05, 0) is 52.0 Å². The second-order valence-corrected chi connectivity index (χ2v) is 8.03. The van der Waals surface area contributed by atoms with Crippen molar-refractivity contribution < 1.29 is 8.42 Å². The van der Waals surface area contributed by atoms with Crippen LogP contribution in [-0.2, 0) is 16.4 Å². The lowest BCUT2D eigenvalue weighted by Gasteiger charge is -2.25. The Balaban J connectivity index is 2.00. The molecule has 0 amide bonds. The summed E-state index contributed by atoms with van der Waals surface area (Å²) >= 11 is 3.33. The second kappa shape index (κ2) is 5.55. The third-order valence-electron chi connectivity index (χ3n) is 4.03. The van der Waals surface area contributed by atoms with E-state index in [4.69, 9.17) is 0 Å². The largest absolute Gasteiger partial charge is 0.244 e. The van der Waals surface area contributed by atoms with Crippen LogP contribution in [0.5, 0.6) is 0 Å². The predicted molar refractivity (Wildman–Crippen MR) is 86.6 cm³/mol. The van der Waals surface area contributed by atoms with E-state index in [9.17, 15) is 8.42 Å². The molecule has 0 bridgehead atoms. The highest BCUT2D eigenvalue weighted by Gasteiger charge is 2.34. The van der Waals surface area contributed by atoms with Gasteiger partial charge in [-0.25, -0.2) is 8.42 Å². The molecule has 2 aromatic carbocycles. The van der Waals surface area contributed by atoms with Crippen molar-refractivity contribution in [2.45, 2.75) is 23.8 Å². The first kappa shape index (κ1) is 14.8. The molecule has 0 spiro atoms. The number of rotatable bonds is 3. The number of hydrogen-bond acceptors (Lipinski definition) is 2. The molecule has 0 fully saturated rings. The quantitative estimate of drug-likeness (QED) is 0.830. The van der Waals surface area contributed by atoms with Crippen LogP contribution >= 0.6 is 15.9 Å². The molecular weight excluding hydrogens is 350 g/mol. The van der Waals surface area contributed by atoms with Crippen LogP contribution in [0.15, 0.2) is 57.9 Å². The van der Waals surface area contributed by atoms with Crippen molar-refractivity contribution in [2.24, 2.45) is 0 Å². The third-order valence-corrected chi connectivity index (χ3v) is 6.91. The van der Waals surface area contributed by atoms with E-state index in [1.54, 1.807) is 25.2 Å². The Bertz CT molecular complexity index is 773. The summed E-state index contributed by atoms with van der Waals surface area (Å²) in [5.41, 5.74) is 2.37. The average Bonchev–Trinajstić information content (AvgIpc) is 2.90. The van der Waals surface area contributed by atoms with Gasteiger partial charge in [0.1, 0.15) is 0 Å². The second-order valence-electron chi connectivity index (χ2n) is 5.20. The molecule has 3 nitrogen and oxygen atoms in total. The van der Waals surface area contributed by atoms with Gasteiger partial charge in [0.05, 0.1) is 10.9 Å². The van der Waals surface area contributed by atoms with Crippen molar-refractivity contribution in [3.63, 3.8) is 0 Å². The van der Waals surface area contributed by atoms with Crippen molar-refractivity contribution in [1.29, 1.82) is 0 Å². The van der Waals surface area contributed by atoms with Gasteiger partial charge in [-0.3, -0.25) is 0 Å². The van der Waals surface area contributed by atoms with E-state index >= 15 is 0 Å². The summed E-state index contributed by atoms with van der Waals surface area (Å²) in [6.45, 7) is 0. The molecule has 0 aliphatic heterocycles. The molecule has 0 aromatic heterocycles. The number of fused-ring (bicyclic) bond motifs is 1. The fourth-order valence-electron chi connectivity index (χ4n) is 2.89. The lowest BCUT2D eigenvalue weighted by atomic mass is 10.1. The highest BCUT2D eigenvalue weighted by molar-refractivity contribution is 9.10. The van der Waals surface area contributed by atoms with Gasteiger partial charge in [0, 0.05) is 11.5 Å². The molecule has 0 N–H and O–H groups in total. The van der Waals surface area contributed by atoms with Gasteiger partial charge in [-0.1, -0.05) is 36.4 Å². The fourth-order valence-corrected chi connectivity index (χ4v) is 5.22. The van der Waals surface area contributed by atoms with Gasteiger partial charge in [0.25, 0.3) is 0 Å². The number of sulfonamides is 1. The smallest absolute Gasteiger partial charge is 0.207 e. The normalized spacial score (nSPS) is 18.0. The van der Waals surface area contributed by atoms with Crippen molar-refractivity contribution in [2.75, 3.05) is 7.05 Å². The maximum atomic E-state index is 12.8. The zero-order valence-electron chi connectivity index (χ0n) is 11.7. The van der Waals surface area contributed by atoms with Crippen LogP contribution in [-0.4, -0.2) is 19.8 Å². The monoisotopic (exact) mass is 365 g/mol. The Morgan fingerprint density at radius 1 is 1.10 bits per heavy atom. The van der Waals surface area contributed by atoms with Gasteiger partial charge in [-0.2, -0.15) is 4.31 Å². The molecule has 1 aliphatic rings. The minimum Gasteiger partial charge on any atom is -0.207 e. The molecule has 21 heavy (non-hydrogen) atoms. The van der Waals surface area contributed by atoms with Gasteiger partial charge in [0.2, 0.25) is 10.0 Å². The van der Waals surface area contributed by atoms with Crippen molar-refractivity contribution in [3.05, 3.63) is 64.1 Å². The lowest BCUT2D eigenvalue weighted by Crippen LogP contribution is -2.30.